The van der Waals surface area contributed by atoms with Crippen molar-refractivity contribution in [1.82, 2.24) is 19.5 Å². The average Bonchev–Trinajstić information content (AvgIpc) is 4.03. The van der Waals surface area contributed by atoms with Gasteiger partial charge in [0.25, 0.3) is 0 Å². The molecule has 0 saturated carbocycles. The normalized spacial score (nSPS) is 11.8. The zero-order valence-electron chi connectivity index (χ0n) is 39.9. The predicted molar refractivity (Wildman–Crippen MR) is 312 cm³/mol. The first-order valence-electron chi connectivity index (χ1n) is 25.1. The van der Waals surface area contributed by atoms with Crippen molar-refractivity contribution in [1.29, 1.82) is 0 Å². The van der Waals surface area contributed by atoms with E-state index in [0.717, 1.165) is 83.0 Å². The van der Waals surface area contributed by atoms with Crippen molar-refractivity contribution in [2.24, 2.45) is 0 Å². The quantitative estimate of drug-likeness (QED) is 0.160. The summed E-state index contributed by atoms with van der Waals surface area (Å²) in [5.74, 6) is 1.86. The summed E-state index contributed by atoms with van der Waals surface area (Å²) < 4.78 is 5.00. The molecule has 0 unspecified atom stereocenters. The summed E-state index contributed by atoms with van der Waals surface area (Å²) in [5.41, 5.74) is 12.9. The van der Waals surface area contributed by atoms with Gasteiger partial charge in [0.1, 0.15) is 0 Å². The second kappa shape index (κ2) is 17.1. The summed E-state index contributed by atoms with van der Waals surface area (Å²) in [4.78, 5) is 16.5. The van der Waals surface area contributed by atoms with E-state index >= 15 is 0 Å². The first-order chi connectivity index (χ1) is 36.7. The standard InChI is InChI=1S/C69H42N4S/c1-4-18-43(19-5-1)47-27-16-28-51(38-47)57-42-60(69-71-67(46-23-8-3-9-24-46)70-68(72-69)56-31-17-33-63-64(56)55-30-14-15-32-62(55)74-63)53-36-35-50(44-20-6-2-7-21-44)40-59(53)66(57)73-61-41-49-26-11-10-25-48(49)39-58(61)54-37-34-45-22-12-13-29-52(45)65(54)73/h1-42H. The van der Waals surface area contributed by atoms with Crippen molar-refractivity contribution in [3.05, 3.63) is 255 Å². The minimum Gasteiger partial charge on any atom is -0.307 e. The number of rotatable bonds is 7. The summed E-state index contributed by atoms with van der Waals surface area (Å²) in [6.45, 7) is 0. The van der Waals surface area contributed by atoms with E-state index in [-0.39, 0.29) is 0 Å². The van der Waals surface area contributed by atoms with Crippen LogP contribution in [0.25, 0.3) is 148 Å². The van der Waals surface area contributed by atoms with Gasteiger partial charge in [0, 0.05) is 64.0 Å². The van der Waals surface area contributed by atoms with E-state index < -0.39 is 0 Å². The maximum atomic E-state index is 5.61. The number of thiophene rings is 1. The van der Waals surface area contributed by atoms with Crippen LogP contribution in [0.5, 0.6) is 0 Å². The second-order valence-corrected chi connectivity index (χ2v) is 20.2. The Balaban J connectivity index is 1.12. The zero-order chi connectivity index (χ0) is 48.7. The molecule has 0 amide bonds. The molecule has 0 aliphatic rings. The fourth-order valence-corrected chi connectivity index (χ4v) is 12.5. The van der Waals surface area contributed by atoms with Crippen LogP contribution in [0, 0.1) is 0 Å². The summed E-state index contributed by atoms with van der Waals surface area (Å²) >= 11 is 1.80. The first-order valence-corrected chi connectivity index (χ1v) is 25.9. The van der Waals surface area contributed by atoms with Gasteiger partial charge in [0.2, 0.25) is 0 Å². The van der Waals surface area contributed by atoms with Crippen LogP contribution in [0.2, 0.25) is 0 Å². The Morgan fingerprint density at radius 1 is 0.284 bits per heavy atom. The molecule has 0 atom stereocenters. The predicted octanol–water partition coefficient (Wildman–Crippen LogP) is 18.8. The fraction of sp³-hybridized carbons (Fsp3) is 0. The summed E-state index contributed by atoms with van der Waals surface area (Å²) in [6.07, 6.45) is 0. The molecule has 12 aromatic carbocycles. The van der Waals surface area contributed by atoms with Crippen molar-refractivity contribution >= 4 is 85.6 Å². The molecule has 15 aromatic rings. The maximum Gasteiger partial charge on any atom is 0.164 e. The van der Waals surface area contributed by atoms with E-state index in [1.165, 1.54) is 47.1 Å². The van der Waals surface area contributed by atoms with Crippen molar-refractivity contribution in [3.63, 3.8) is 0 Å². The molecule has 15 rings (SSSR count). The SMILES string of the molecule is c1ccc(-c2cccc(-c3cc(-c4nc(-c5ccccc5)nc(-c5cccc6sc7ccccc7c56)n4)c4ccc(-c5ccccc5)cc4c3-n3c4cc5ccccc5cc4c4ccc5ccccc5c43)c2)cc1. The Kier molecular flexibility index (Phi) is 9.72. The van der Waals surface area contributed by atoms with Crippen LogP contribution in [0.15, 0.2) is 255 Å². The van der Waals surface area contributed by atoms with Crippen molar-refractivity contribution in [2.45, 2.75) is 0 Å². The number of hydrogen-bond donors (Lipinski definition) is 0. The fourth-order valence-electron chi connectivity index (χ4n) is 11.4. The van der Waals surface area contributed by atoms with Crippen LogP contribution in [-0.2, 0) is 0 Å². The number of hydrogen-bond acceptors (Lipinski definition) is 4. The van der Waals surface area contributed by atoms with E-state index in [2.05, 4.69) is 253 Å². The van der Waals surface area contributed by atoms with Crippen LogP contribution < -0.4 is 0 Å². The number of nitrogens with zero attached hydrogens (tertiary/aromatic N) is 4. The van der Waals surface area contributed by atoms with E-state index in [1.54, 1.807) is 11.3 Å². The van der Waals surface area contributed by atoms with Gasteiger partial charge in [0.05, 0.1) is 16.7 Å². The molecule has 0 radical (unpaired) electrons. The monoisotopic (exact) mass is 958 g/mol. The van der Waals surface area contributed by atoms with Gasteiger partial charge in [-0.15, -0.1) is 11.3 Å². The molecule has 0 aliphatic carbocycles. The average molecular weight is 959 g/mol. The third-order valence-electron chi connectivity index (χ3n) is 14.8. The Hall–Kier alpha value is -9.55. The Labute approximate surface area is 430 Å². The molecule has 4 nitrogen and oxygen atoms in total. The molecular formula is C69H42N4S. The van der Waals surface area contributed by atoms with Crippen molar-refractivity contribution in [2.75, 3.05) is 0 Å². The highest BCUT2D eigenvalue weighted by Crippen LogP contribution is 2.48. The minimum absolute atomic E-state index is 0.605. The van der Waals surface area contributed by atoms with E-state index in [1.807, 2.05) is 6.07 Å². The van der Waals surface area contributed by atoms with E-state index in [4.69, 9.17) is 15.0 Å². The molecule has 3 aromatic heterocycles. The van der Waals surface area contributed by atoms with E-state index in [9.17, 15) is 0 Å². The van der Waals surface area contributed by atoms with Crippen LogP contribution in [0.4, 0.5) is 0 Å². The largest absolute Gasteiger partial charge is 0.307 e. The lowest BCUT2D eigenvalue weighted by Gasteiger charge is -2.22. The molecule has 0 aliphatic heterocycles. The minimum atomic E-state index is 0.605. The zero-order valence-corrected chi connectivity index (χ0v) is 40.8. The first kappa shape index (κ1) is 42.2. The lowest BCUT2D eigenvalue weighted by atomic mass is 9.90. The highest BCUT2D eigenvalue weighted by atomic mass is 32.1. The summed E-state index contributed by atoms with van der Waals surface area (Å²) in [7, 11) is 0. The van der Waals surface area contributed by atoms with Gasteiger partial charge in [-0.2, -0.15) is 0 Å². The third-order valence-corrected chi connectivity index (χ3v) is 15.9. The highest BCUT2D eigenvalue weighted by Gasteiger charge is 2.26. The molecule has 0 N–H and O–H groups in total. The lowest BCUT2D eigenvalue weighted by Crippen LogP contribution is -2.04. The summed E-state index contributed by atoms with van der Waals surface area (Å²) in [5, 5.41) is 11.6. The van der Waals surface area contributed by atoms with Gasteiger partial charge in [0.15, 0.2) is 17.5 Å². The van der Waals surface area contributed by atoms with Crippen LogP contribution in [0.3, 0.4) is 0 Å². The van der Waals surface area contributed by atoms with Crippen molar-refractivity contribution in [3.8, 4) is 73.2 Å². The Morgan fingerprint density at radius 2 is 0.851 bits per heavy atom. The number of aromatic nitrogens is 4. The highest BCUT2D eigenvalue weighted by molar-refractivity contribution is 7.25. The maximum absolute atomic E-state index is 5.61. The van der Waals surface area contributed by atoms with Gasteiger partial charge in [-0.1, -0.05) is 212 Å². The molecule has 0 bridgehead atoms. The van der Waals surface area contributed by atoms with Gasteiger partial charge in [-0.25, -0.2) is 15.0 Å². The Morgan fingerprint density at radius 3 is 1.62 bits per heavy atom. The number of benzene rings is 12. The number of fused-ring (bicyclic) bond motifs is 10. The smallest absolute Gasteiger partial charge is 0.164 e. The topological polar surface area (TPSA) is 43.6 Å². The molecule has 344 valence electrons. The summed E-state index contributed by atoms with van der Waals surface area (Å²) in [6, 6.07) is 92.2. The van der Waals surface area contributed by atoms with Crippen LogP contribution >= 0.6 is 11.3 Å². The van der Waals surface area contributed by atoms with Crippen LogP contribution in [-0.4, -0.2) is 19.5 Å². The molecular weight excluding hydrogens is 917 g/mol. The van der Waals surface area contributed by atoms with Crippen LogP contribution in [0.1, 0.15) is 0 Å². The van der Waals surface area contributed by atoms with Gasteiger partial charge < -0.3 is 4.57 Å². The second-order valence-electron chi connectivity index (χ2n) is 19.1. The van der Waals surface area contributed by atoms with Gasteiger partial charge >= 0.3 is 0 Å². The third kappa shape index (κ3) is 6.86. The van der Waals surface area contributed by atoms with Gasteiger partial charge in [-0.3, -0.25) is 0 Å². The van der Waals surface area contributed by atoms with E-state index in [0.29, 0.717) is 17.5 Å². The molecule has 0 spiro atoms. The van der Waals surface area contributed by atoms with Crippen molar-refractivity contribution < 1.29 is 0 Å². The molecule has 5 heteroatoms. The lowest BCUT2D eigenvalue weighted by molar-refractivity contribution is 1.08. The van der Waals surface area contributed by atoms with Gasteiger partial charge in [-0.05, 0) is 91.8 Å². The molecule has 0 saturated heterocycles. The molecule has 74 heavy (non-hydrogen) atoms. The molecule has 0 fully saturated rings. The Bertz CT molecular complexity index is 4710. The molecule has 3 heterocycles.